The topological polar surface area (TPSA) is 51.1 Å². The van der Waals surface area contributed by atoms with E-state index in [0.717, 1.165) is 22.0 Å². The number of benzene rings is 2. The number of amidine groups is 1. The van der Waals surface area contributed by atoms with Gasteiger partial charge >= 0.3 is 0 Å². The summed E-state index contributed by atoms with van der Waals surface area (Å²) in [6.45, 7) is 1.25. The molecule has 5 nitrogen and oxygen atoms in total. The van der Waals surface area contributed by atoms with Crippen molar-refractivity contribution in [3.63, 3.8) is 0 Å². The third-order valence-corrected chi connectivity index (χ3v) is 5.48. The molecule has 142 valence electrons. The zero-order chi connectivity index (χ0) is 19.2. The van der Waals surface area contributed by atoms with Crippen LogP contribution in [0.25, 0.3) is 0 Å². The minimum absolute atomic E-state index is 0.0251. The van der Waals surface area contributed by atoms with Crippen LogP contribution in [-0.4, -0.2) is 43.3 Å². The number of thioether (sulfide) groups is 1. The van der Waals surface area contributed by atoms with Gasteiger partial charge in [0.1, 0.15) is 0 Å². The van der Waals surface area contributed by atoms with Crippen molar-refractivity contribution in [1.29, 1.82) is 0 Å². The number of methoxy groups -OCH3 is 2. The molecule has 2 aromatic carbocycles. The van der Waals surface area contributed by atoms with E-state index in [0.29, 0.717) is 29.6 Å². The molecule has 0 N–H and O–H groups in total. The highest BCUT2D eigenvalue weighted by Crippen LogP contribution is 2.28. The molecule has 0 aromatic heterocycles. The molecule has 0 radical (unpaired) electrons. The van der Waals surface area contributed by atoms with Crippen LogP contribution in [0.4, 0.5) is 0 Å². The highest BCUT2D eigenvalue weighted by Gasteiger charge is 2.24. The Bertz CT molecular complexity index is 857. The molecule has 1 aliphatic heterocycles. The Morgan fingerprint density at radius 3 is 2.70 bits per heavy atom. The summed E-state index contributed by atoms with van der Waals surface area (Å²) >= 11 is 7.59. The number of nitrogens with zero attached hydrogens (tertiary/aromatic N) is 2. The molecule has 2 aromatic rings. The minimum atomic E-state index is 0.0251. The van der Waals surface area contributed by atoms with Crippen LogP contribution in [0.1, 0.15) is 11.1 Å². The third kappa shape index (κ3) is 4.96. The van der Waals surface area contributed by atoms with Gasteiger partial charge in [0.05, 0.1) is 27.2 Å². The van der Waals surface area contributed by atoms with Crippen molar-refractivity contribution < 1.29 is 14.3 Å². The van der Waals surface area contributed by atoms with Gasteiger partial charge in [-0.2, -0.15) is 0 Å². The van der Waals surface area contributed by atoms with E-state index >= 15 is 0 Å². The minimum Gasteiger partial charge on any atom is -0.493 e. The molecule has 0 atom stereocenters. The summed E-state index contributed by atoms with van der Waals surface area (Å²) in [5.41, 5.74) is 1.98. The van der Waals surface area contributed by atoms with Gasteiger partial charge in [0, 0.05) is 17.3 Å². The molecule has 0 unspecified atom stereocenters. The highest BCUT2D eigenvalue weighted by molar-refractivity contribution is 8.13. The number of carbonyl (C=O) groups excluding carboxylic acids is 1. The summed E-state index contributed by atoms with van der Waals surface area (Å²) in [7, 11) is 3.17. The molecular formula is C20H21ClN2O3S. The molecule has 0 spiro atoms. The zero-order valence-corrected chi connectivity index (χ0v) is 16.8. The van der Waals surface area contributed by atoms with E-state index in [1.807, 2.05) is 42.5 Å². The molecule has 1 amide bonds. The highest BCUT2D eigenvalue weighted by atomic mass is 35.5. The van der Waals surface area contributed by atoms with E-state index in [-0.39, 0.29) is 12.3 Å². The predicted molar refractivity (Wildman–Crippen MR) is 110 cm³/mol. The van der Waals surface area contributed by atoms with Gasteiger partial charge in [-0.3, -0.25) is 14.7 Å². The van der Waals surface area contributed by atoms with Gasteiger partial charge in [-0.25, -0.2) is 0 Å². The van der Waals surface area contributed by atoms with Crippen molar-refractivity contribution in [2.75, 3.05) is 27.3 Å². The summed E-state index contributed by atoms with van der Waals surface area (Å²) in [6.07, 6.45) is 0.289. The number of hydrogen-bond donors (Lipinski definition) is 0. The molecular weight excluding hydrogens is 384 g/mol. The maximum Gasteiger partial charge on any atom is 0.233 e. The lowest BCUT2D eigenvalue weighted by Crippen LogP contribution is -2.34. The first-order chi connectivity index (χ1) is 13.1. The van der Waals surface area contributed by atoms with Gasteiger partial charge < -0.3 is 9.47 Å². The Kier molecular flexibility index (Phi) is 6.63. The van der Waals surface area contributed by atoms with Gasteiger partial charge in [-0.1, -0.05) is 41.6 Å². The lowest BCUT2D eigenvalue weighted by molar-refractivity contribution is -0.126. The van der Waals surface area contributed by atoms with Gasteiger partial charge in [-0.05, 0) is 35.4 Å². The SMILES string of the molecule is COc1ccc(CC(=O)N2CCN=C2SCc2cccc(Cl)c2)cc1OC. The molecule has 0 bridgehead atoms. The molecule has 0 aliphatic carbocycles. The summed E-state index contributed by atoms with van der Waals surface area (Å²) in [5, 5.41) is 1.48. The molecule has 0 saturated carbocycles. The lowest BCUT2D eigenvalue weighted by atomic mass is 10.1. The Labute approximate surface area is 168 Å². The summed E-state index contributed by atoms with van der Waals surface area (Å²) in [4.78, 5) is 19.0. The standard InChI is InChI=1S/C20H21ClN2O3S/c1-25-17-7-6-14(11-18(17)26-2)12-19(24)23-9-8-22-20(23)27-13-15-4-3-5-16(21)10-15/h3-7,10-11H,8-9,12-13H2,1-2H3. The number of ether oxygens (including phenoxy) is 2. The van der Waals surface area contributed by atoms with Crippen LogP contribution < -0.4 is 9.47 Å². The van der Waals surface area contributed by atoms with E-state index in [1.165, 1.54) is 0 Å². The van der Waals surface area contributed by atoms with Crippen LogP contribution >= 0.6 is 23.4 Å². The summed E-state index contributed by atoms with van der Waals surface area (Å²) in [5.74, 6) is 2.01. The van der Waals surface area contributed by atoms with Crippen molar-refractivity contribution >= 4 is 34.4 Å². The molecule has 3 rings (SSSR count). The second-order valence-corrected chi connectivity index (χ2v) is 7.37. The number of rotatable bonds is 6. The maximum absolute atomic E-state index is 12.8. The second kappa shape index (κ2) is 9.15. The summed E-state index contributed by atoms with van der Waals surface area (Å²) in [6, 6.07) is 13.3. The van der Waals surface area contributed by atoms with Crippen LogP contribution in [-0.2, 0) is 17.0 Å². The monoisotopic (exact) mass is 404 g/mol. The Morgan fingerprint density at radius 2 is 1.96 bits per heavy atom. The van der Waals surface area contributed by atoms with E-state index in [9.17, 15) is 4.79 Å². The number of halogens is 1. The third-order valence-electron chi connectivity index (χ3n) is 4.16. The Balaban J connectivity index is 1.63. The summed E-state index contributed by atoms with van der Waals surface area (Å²) < 4.78 is 10.6. The van der Waals surface area contributed by atoms with Crippen molar-refractivity contribution in [2.45, 2.75) is 12.2 Å². The van der Waals surface area contributed by atoms with Gasteiger partial charge in [0.15, 0.2) is 16.7 Å². The molecule has 1 aliphatic rings. The Hall–Kier alpha value is -2.18. The largest absolute Gasteiger partial charge is 0.493 e. The van der Waals surface area contributed by atoms with Crippen LogP contribution in [0, 0.1) is 0 Å². The first-order valence-electron chi connectivity index (χ1n) is 8.53. The van der Waals surface area contributed by atoms with E-state index in [1.54, 1.807) is 30.9 Å². The van der Waals surface area contributed by atoms with Crippen LogP contribution in [0.3, 0.4) is 0 Å². The van der Waals surface area contributed by atoms with Gasteiger partial charge in [0.25, 0.3) is 0 Å². The number of amides is 1. The second-order valence-electron chi connectivity index (χ2n) is 5.99. The number of carbonyl (C=O) groups is 1. The van der Waals surface area contributed by atoms with Crippen LogP contribution in [0.2, 0.25) is 5.02 Å². The molecule has 1 heterocycles. The van der Waals surface area contributed by atoms with Crippen LogP contribution in [0.15, 0.2) is 47.5 Å². The van der Waals surface area contributed by atoms with Crippen molar-refractivity contribution in [1.82, 2.24) is 4.90 Å². The van der Waals surface area contributed by atoms with E-state index < -0.39 is 0 Å². The normalized spacial score (nSPS) is 13.4. The van der Waals surface area contributed by atoms with Gasteiger partial charge in [0.2, 0.25) is 5.91 Å². The number of hydrogen-bond acceptors (Lipinski definition) is 5. The fraction of sp³-hybridized carbons (Fsp3) is 0.300. The molecule has 0 saturated heterocycles. The smallest absolute Gasteiger partial charge is 0.233 e. The predicted octanol–water partition coefficient (Wildman–Crippen LogP) is 4.03. The molecule has 7 heteroatoms. The van der Waals surface area contributed by atoms with E-state index in [2.05, 4.69) is 4.99 Å². The van der Waals surface area contributed by atoms with Crippen molar-refractivity contribution in [3.8, 4) is 11.5 Å². The van der Waals surface area contributed by atoms with Gasteiger partial charge in [-0.15, -0.1) is 0 Å². The first-order valence-corrected chi connectivity index (χ1v) is 9.90. The van der Waals surface area contributed by atoms with E-state index in [4.69, 9.17) is 21.1 Å². The van der Waals surface area contributed by atoms with Crippen molar-refractivity contribution in [3.05, 3.63) is 58.6 Å². The molecule has 0 fully saturated rings. The molecule has 27 heavy (non-hydrogen) atoms. The fourth-order valence-electron chi connectivity index (χ4n) is 2.82. The zero-order valence-electron chi connectivity index (χ0n) is 15.3. The fourth-order valence-corrected chi connectivity index (χ4v) is 4.04. The quantitative estimate of drug-likeness (QED) is 0.729. The maximum atomic E-state index is 12.8. The lowest BCUT2D eigenvalue weighted by Gasteiger charge is -2.18. The average Bonchev–Trinajstić information content (AvgIpc) is 3.15. The Morgan fingerprint density at radius 1 is 1.15 bits per heavy atom. The first kappa shape index (κ1) is 19.6. The van der Waals surface area contributed by atoms with Crippen molar-refractivity contribution in [2.24, 2.45) is 4.99 Å². The average molecular weight is 405 g/mol. The van der Waals surface area contributed by atoms with Crippen LogP contribution in [0.5, 0.6) is 11.5 Å². The number of aliphatic imine (C=N–C) groups is 1.